The summed E-state index contributed by atoms with van der Waals surface area (Å²) in [6.45, 7) is 4.11. The predicted molar refractivity (Wildman–Crippen MR) is 43.7 cm³/mol. The second-order valence-corrected chi connectivity index (χ2v) is 4.08. The van der Waals surface area contributed by atoms with Gasteiger partial charge in [0.05, 0.1) is 6.10 Å². The number of halogens is 1. The van der Waals surface area contributed by atoms with Crippen molar-refractivity contribution < 1.29 is 9.50 Å². The molecule has 0 aromatic heterocycles. The Labute approximate surface area is 71.6 Å². The summed E-state index contributed by atoms with van der Waals surface area (Å²) < 4.78 is 11.9. The van der Waals surface area contributed by atoms with Gasteiger partial charge in [-0.2, -0.15) is 0 Å². The lowest BCUT2D eigenvalue weighted by Gasteiger charge is -2.56. The lowest BCUT2D eigenvalue weighted by atomic mass is 9.74. The summed E-state index contributed by atoms with van der Waals surface area (Å²) in [5.74, 6) is 0. The molecule has 2 rings (SSSR count). The minimum absolute atomic E-state index is 0.482. The smallest absolute Gasteiger partial charge is 0.117 e. The number of aliphatic hydroxyl groups excluding tert-OH is 1. The van der Waals surface area contributed by atoms with E-state index in [1.165, 1.54) is 0 Å². The van der Waals surface area contributed by atoms with Gasteiger partial charge in [0.1, 0.15) is 6.67 Å². The summed E-state index contributed by atoms with van der Waals surface area (Å²) in [6, 6.07) is 0. The summed E-state index contributed by atoms with van der Waals surface area (Å²) >= 11 is 0. The molecule has 0 amide bonds. The Morgan fingerprint density at radius 3 is 2.58 bits per heavy atom. The summed E-state index contributed by atoms with van der Waals surface area (Å²) in [7, 11) is 0. The monoisotopic (exact) mass is 174 g/mol. The number of nitrogens with one attached hydrogen (secondary N) is 1. The molecule has 1 atom stereocenters. The van der Waals surface area contributed by atoms with Gasteiger partial charge in [-0.3, -0.25) is 4.90 Å². The first-order chi connectivity index (χ1) is 5.74. The van der Waals surface area contributed by atoms with E-state index in [2.05, 4.69) is 10.2 Å². The fourth-order valence-corrected chi connectivity index (χ4v) is 2.08. The van der Waals surface area contributed by atoms with Crippen molar-refractivity contribution in [3.05, 3.63) is 0 Å². The maximum absolute atomic E-state index is 11.9. The van der Waals surface area contributed by atoms with E-state index in [1.807, 2.05) is 0 Å². The molecule has 12 heavy (non-hydrogen) atoms. The van der Waals surface area contributed by atoms with Gasteiger partial charge in [-0.1, -0.05) is 0 Å². The maximum Gasteiger partial charge on any atom is 0.117 e. The van der Waals surface area contributed by atoms with Gasteiger partial charge < -0.3 is 10.4 Å². The number of alkyl halides is 1. The molecular formula is C8H15FN2O. The molecule has 2 saturated heterocycles. The van der Waals surface area contributed by atoms with Crippen LogP contribution in [0, 0.1) is 5.41 Å². The highest BCUT2D eigenvalue weighted by atomic mass is 19.1. The summed E-state index contributed by atoms with van der Waals surface area (Å²) in [6.07, 6.45) is -0.782. The SMILES string of the molecule is OC(CF)CN1CC2(CNC2)C1. The first kappa shape index (κ1) is 8.41. The van der Waals surface area contributed by atoms with Gasteiger partial charge in [-0.15, -0.1) is 0 Å². The molecule has 1 spiro atoms. The van der Waals surface area contributed by atoms with Crippen molar-refractivity contribution in [3.63, 3.8) is 0 Å². The Morgan fingerprint density at radius 1 is 1.50 bits per heavy atom. The molecule has 3 nitrogen and oxygen atoms in total. The number of β-amino-alcohol motifs (C(OH)–C–C–N with tert-alkyl or cyclic N) is 1. The van der Waals surface area contributed by atoms with E-state index >= 15 is 0 Å². The Hall–Kier alpha value is -0.190. The quantitative estimate of drug-likeness (QED) is 0.589. The fourth-order valence-electron chi connectivity index (χ4n) is 2.08. The maximum atomic E-state index is 11.9. The van der Waals surface area contributed by atoms with E-state index in [4.69, 9.17) is 5.11 Å². The zero-order chi connectivity index (χ0) is 8.60. The third kappa shape index (κ3) is 1.34. The molecule has 0 aromatic carbocycles. The molecule has 2 heterocycles. The van der Waals surface area contributed by atoms with Gasteiger partial charge in [-0.05, 0) is 0 Å². The lowest BCUT2D eigenvalue weighted by Crippen LogP contribution is -2.71. The number of hydrogen-bond acceptors (Lipinski definition) is 3. The second kappa shape index (κ2) is 2.94. The molecule has 2 fully saturated rings. The van der Waals surface area contributed by atoms with E-state index in [-0.39, 0.29) is 0 Å². The topological polar surface area (TPSA) is 35.5 Å². The number of aliphatic hydroxyl groups is 1. The van der Waals surface area contributed by atoms with Gasteiger partial charge >= 0.3 is 0 Å². The highest BCUT2D eigenvalue weighted by Crippen LogP contribution is 2.33. The number of nitrogens with zero attached hydrogens (tertiary/aromatic N) is 1. The van der Waals surface area contributed by atoms with Gasteiger partial charge in [0.15, 0.2) is 0 Å². The van der Waals surface area contributed by atoms with E-state index in [1.54, 1.807) is 0 Å². The molecule has 2 aliphatic heterocycles. The normalized spacial score (nSPS) is 29.5. The average molecular weight is 174 g/mol. The van der Waals surface area contributed by atoms with Crippen LogP contribution >= 0.6 is 0 Å². The molecule has 0 aliphatic carbocycles. The second-order valence-electron chi connectivity index (χ2n) is 4.08. The first-order valence-corrected chi connectivity index (χ1v) is 4.41. The zero-order valence-electron chi connectivity index (χ0n) is 7.09. The highest BCUT2D eigenvalue weighted by molar-refractivity contribution is 5.04. The molecule has 0 bridgehead atoms. The van der Waals surface area contributed by atoms with Crippen LogP contribution in [0.15, 0.2) is 0 Å². The molecular weight excluding hydrogens is 159 g/mol. The van der Waals surface area contributed by atoms with Crippen LogP contribution in [0.4, 0.5) is 4.39 Å². The molecule has 1 unspecified atom stereocenters. The van der Waals surface area contributed by atoms with Gasteiger partial charge in [-0.25, -0.2) is 4.39 Å². The molecule has 2 N–H and O–H groups in total. The third-order valence-corrected chi connectivity index (χ3v) is 2.77. The van der Waals surface area contributed by atoms with E-state index < -0.39 is 12.8 Å². The molecule has 4 heteroatoms. The molecule has 0 radical (unpaired) electrons. The van der Waals surface area contributed by atoms with Crippen LogP contribution in [-0.2, 0) is 0 Å². The number of likely N-dealkylation sites (tertiary alicyclic amines) is 1. The van der Waals surface area contributed by atoms with Crippen molar-refractivity contribution >= 4 is 0 Å². The van der Waals surface area contributed by atoms with Crippen LogP contribution in [0.2, 0.25) is 0 Å². The van der Waals surface area contributed by atoms with Crippen molar-refractivity contribution in [2.75, 3.05) is 39.4 Å². The number of hydrogen-bond donors (Lipinski definition) is 2. The lowest BCUT2D eigenvalue weighted by molar-refractivity contribution is -0.0610. The van der Waals surface area contributed by atoms with Crippen LogP contribution in [0.3, 0.4) is 0 Å². The van der Waals surface area contributed by atoms with E-state index in [0.29, 0.717) is 12.0 Å². The zero-order valence-corrected chi connectivity index (χ0v) is 7.09. The van der Waals surface area contributed by atoms with Crippen molar-refractivity contribution in [1.82, 2.24) is 10.2 Å². The first-order valence-electron chi connectivity index (χ1n) is 4.41. The Kier molecular flexibility index (Phi) is 2.06. The molecule has 2 aliphatic rings. The average Bonchev–Trinajstić information content (AvgIpc) is 1.91. The van der Waals surface area contributed by atoms with Crippen LogP contribution in [0.25, 0.3) is 0 Å². The van der Waals surface area contributed by atoms with Crippen LogP contribution in [-0.4, -0.2) is 55.5 Å². The van der Waals surface area contributed by atoms with Crippen LogP contribution in [0.1, 0.15) is 0 Å². The standard InChI is InChI=1S/C8H15FN2O/c9-1-7(12)2-11-5-8(6-11)3-10-4-8/h7,10,12H,1-6H2. The Bertz CT molecular complexity index is 162. The highest BCUT2D eigenvalue weighted by Gasteiger charge is 2.47. The van der Waals surface area contributed by atoms with E-state index in [0.717, 1.165) is 26.2 Å². The summed E-state index contributed by atoms with van der Waals surface area (Å²) in [4.78, 5) is 2.12. The van der Waals surface area contributed by atoms with Gasteiger partial charge in [0.2, 0.25) is 0 Å². The number of rotatable bonds is 3. The molecule has 0 saturated carbocycles. The summed E-state index contributed by atoms with van der Waals surface area (Å²) in [5.41, 5.74) is 0.482. The molecule has 70 valence electrons. The van der Waals surface area contributed by atoms with Crippen molar-refractivity contribution in [1.29, 1.82) is 0 Å². The third-order valence-electron chi connectivity index (χ3n) is 2.77. The largest absolute Gasteiger partial charge is 0.389 e. The van der Waals surface area contributed by atoms with Crippen molar-refractivity contribution in [3.8, 4) is 0 Å². The van der Waals surface area contributed by atoms with Gasteiger partial charge in [0, 0.05) is 38.1 Å². The minimum Gasteiger partial charge on any atom is -0.389 e. The Morgan fingerprint density at radius 2 is 2.17 bits per heavy atom. The van der Waals surface area contributed by atoms with E-state index in [9.17, 15) is 4.39 Å². The van der Waals surface area contributed by atoms with Crippen molar-refractivity contribution in [2.24, 2.45) is 5.41 Å². The summed E-state index contributed by atoms with van der Waals surface area (Å²) in [5, 5.41) is 12.3. The molecule has 0 aromatic rings. The van der Waals surface area contributed by atoms with Crippen molar-refractivity contribution in [2.45, 2.75) is 6.10 Å². The van der Waals surface area contributed by atoms with Crippen LogP contribution in [0.5, 0.6) is 0 Å². The fraction of sp³-hybridized carbons (Fsp3) is 1.00. The Balaban J connectivity index is 1.67. The van der Waals surface area contributed by atoms with Gasteiger partial charge in [0.25, 0.3) is 0 Å². The predicted octanol–water partition coefficient (Wildman–Crippen LogP) is -0.778. The minimum atomic E-state index is -0.782. The van der Waals surface area contributed by atoms with Crippen LogP contribution < -0.4 is 5.32 Å².